The minimum atomic E-state index is -3.60. The van der Waals surface area contributed by atoms with E-state index in [0.29, 0.717) is 6.54 Å². The van der Waals surface area contributed by atoms with Crippen LogP contribution in [0.1, 0.15) is 32.6 Å². The topological polar surface area (TPSA) is 66.4 Å². The van der Waals surface area contributed by atoms with E-state index in [1.807, 2.05) is 0 Å². The van der Waals surface area contributed by atoms with E-state index in [0.717, 1.165) is 25.7 Å². The van der Waals surface area contributed by atoms with Crippen LogP contribution in [0.15, 0.2) is 29.2 Å². The minimum absolute atomic E-state index is 0.0442. The van der Waals surface area contributed by atoms with Crippen LogP contribution in [0.3, 0.4) is 0 Å². The largest absolute Gasteiger partial charge is 0.507 e. The summed E-state index contributed by atoms with van der Waals surface area (Å²) in [6.07, 6.45) is 4.29. The number of benzene rings is 1. The second-order valence-electron chi connectivity index (χ2n) is 5.04. The smallest absolute Gasteiger partial charge is 0.244 e. The summed E-state index contributed by atoms with van der Waals surface area (Å²) in [5, 5.41) is 9.58. The Labute approximate surface area is 108 Å². The SMILES string of the molecule is CCCC1(CNS(=O)(=O)c2ccccc2O)CC1. The summed E-state index contributed by atoms with van der Waals surface area (Å²) in [6.45, 7) is 2.58. The molecule has 1 saturated carbocycles. The van der Waals surface area contributed by atoms with Gasteiger partial charge in [-0.15, -0.1) is 0 Å². The first kappa shape index (κ1) is 13.4. The molecule has 1 aromatic rings. The Balaban J connectivity index is 2.07. The van der Waals surface area contributed by atoms with Crippen LogP contribution < -0.4 is 4.72 Å². The molecule has 1 aliphatic rings. The van der Waals surface area contributed by atoms with Gasteiger partial charge in [0.1, 0.15) is 10.6 Å². The third-order valence-corrected chi connectivity index (χ3v) is 4.98. The molecule has 0 amide bonds. The first-order chi connectivity index (χ1) is 8.49. The molecule has 0 aliphatic heterocycles. The van der Waals surface area contributed by atoms with Gasteiger partial charge in [0, 0.05) is 6.54 Å². The molecule has 0 bridgehead atoms. The molecule has 1 aromatic carbocycles. The van der Waals surface area contributed by atoms with Crippen molar-refractivity contribution in [2.45, 2.75) is 37.5 Å². The average Bonchev–Trinajstić information content (AvgIpc) is 3.08. The molecular weight excluding hydrogens is 250 g/mol. The fourth-order valence-electron chi connectivity index (χ4n) is 2.23. The van der Waals surface area contributed by atoms with Crippen LogP contribution in [-0.4, -0.2) is 20.1 Å². The molecule has 0 spiro atoms. The van der Waals surface area contributed by atoms with Crippen LogP contribution in [0.25, 0.3) is 0 Å². The van der Waals surface area contributed by atoms with E-state index in [9.17, 15) is 13.5 Å². The van der Waals surface area contributed by atoms with Gasteiger partial charge in [0.2, 0.25) is 10.0 Å². The fraction of sp³-hybridized carbons (Fsp3) is 0.538. The third-order valence-electron chi connectivity index (χ3n) is 3.53. The predicted molar refractivity (Wildman–Crippen MR) is 69.9 cm³/mol. The highest BCUT2D eigenvalue weighted by atomic mass is 32.2. The van der Waals surface area contributed by atoms with Gasteiger partial charge in [0.15, 0.2) is 0 Å². The highest BCUT2D eigenvalue weighted by Crippen LogP contribution is 2.49. The van der Waals surface area contributed by atoms with Gasteiger partial charge in [-0.05, 0) is 36.8 Å². The summed E-state index contributed by atoms with van der Waals surface area (Å²) in [4.78, 5) is -0.0442. The van der Waals surface area contributed by atoms with Gasteiger partial charge in [0.25, 0.3) is 0 Å². The van der Waals surface area contributed by atoms with E-state index >= 15 is 0 Å². The van der Waals surface area contributed by atoms with Gasteiger partial charge in [-0.3, -0.25) is 0 Å². The Kier molecular flexibility index (Phi) is 3.64. The second-order valence-corrected chi connectivity index (χ2v) is 6.78. The first-order valence-corrected chi connectivity index (χ1v) is 7.75. The van der Waals surface area contributed by atoms with Crippen LogP contribution in [-0.2, 0) is 10.0 Å². The van der Waals surface area contributed by atoms with E-state index in [-0.39, 0.29) is 16.1 Å². The number of sulfonamides is 1. The van der Waals surface area contributed by atoms with Crippen molar-refractivity contribution in [3.05, 3.63) is 24.3 Å². The number of phenols is 1. The van der Waals surface area contributed by atoms with E-state index in [2.05, 4.69) is 11.6 Å². The van der Waals surface area contributed by atoms with Gasteiger partial charge in [-0.1, -0.05) is 25.5 Å². The molecule has 1 fully saturated rings. The highest BCUT2D eigenvalue weighted by molar-refractivity contribution is 7.89. The summed E-state index contributed by atoms with van der Waals surface area (Å²) < 4.78 is 26.7. The monoisotopic (exact) mass is 269 g/mol. The third kappa shape index (κ3) is 2.84. The van der Waals surface area contributed by atoms with E-state index in [1.165, 1.54) is 12.1 Å². The molecule has 5 heteroatoms. The van der Waals surface area contributed by atoms with Gasteiger partial charge >= 0.3 is 0 Å². The summed E-state index contributed by atoms with van der Waals surface area (Å²) in [5.74, 6) is -0.203. The van der Waals surface area contributed by atoms with Crippen LogP contribution in [0.4, 0.5) is 0 Å². The lowest BCUT2D eigenvalue weighted by molar-refractivity contribution is 0.442. The summed E-state index contributed by atoms with van der Waals surface area (Å²) in [5.41, 5.74) is 0.159. The lowest BCUT2D eigenvalue weighted by atomic mass is 10.0. The Bertz CT molecular complexity index is 521. The molecule has 2 rings (SSSR count). The molecule has 0 aromatic heterocycles. The minimum Gasteiger partial charge on any atom is -0.507 e. The number of para-hydroxylation sites is 1. The van der Waals surface area contributed by atoms with Crippen LogP contribution in [0, 0.1) is 5.41 Å². The van der Waals surface area contributed by atoms with Gasteiger partial charge in [-0.2, -0.15) is 0 Å². The van der Waals surface area contributed by atoms with Crippen LogP contribution >= 0.6 is 0 Å². The number of hydrogen-bond donors (Lipinski definition) is 2. The summed E-state index contributed by atoms with van der Waals surface area (Å²) >= 11 is 0. The Morgan fingerprint density at radius 1 is 1.33 bits per heavy atom. The standard InChI is InChI=1S/C13H19NO3S/c1-2-7-13(8-9-13)10-14-18(16,17)12-6-4-3-5-11(12)15/h3-6,14-15H,2,7-10H2,1H3. The first-order valence-electron chi connectivity index (χ1n) is 6.27. The molecule has 2 N–H and O–H groups in total. The molecule has 0 unspecified atom stereocenters. The maximum absolute atomic E-state index is 12.1. The molecule has 0 saturated heterocycles. The second kappa shape index (κ2) is 4.90. The van der Waals surface area contributed by atoms with Crippen molar-refractivity contribution in [1.29, 1.82) is 0 Å². The van der Waals surface area contributed by atoms with Crippen molar-refractivity contribution in [2.75, 3.05) is 6.54 Å². The number of aromatic hydroxyl groups is 1. The number of hydrogen-bond acceptors (Lipinski definition) is 3. The molecule has 0 atom stereocenters. The van der Waals surface area contributed by atoms with Gasteiger partial charge in [0.05, 0.1) is 0 Å². The Morgan fingerprint density at radius 2 is 2.00 bits per heavy atom. The predicted octanol–water partition coefficient (Wildman–Crippen LogP) is 2.25. The number of phenolic OH excluding ortho intramolecular Hbond substituents is 1. The molecule has 0 radical (unpaired) electrons. The zero-order chi connectivity index (χ0) is 13.2. The van der Waals surface area contributed by atoms with Crippen molar-refractivity contribution in [1.82, 2.24) is 4.72 Å². The lowest BCUT2D eigenvalue weighted by Crippen LogP contribution is -2.30. The zero-order valence-electron chi connectivity index (χ0n) is 10.5. The van der Waals surface area contributed by atoms with Crippen molar-refractivity contribution in [3.8, 4) is 5.75 Å². The quantitative estimate of drug-likeness (QED) is 0.832. The summed E-state index contributed by atoms with van der Waals surface area (Å²) in [6, 6.07) is 6.01. The normalized spacial score (nSPS) is 17.6. The average molecular weight is 269 g/mol. The van der Waals surface area contributed by atoms with Crippen molar-refractivity contribution >= 4 is 10.0 Å². The van der Waals surface area contributed by atoms with Gasteiger partial charge < -0.3 is 5.11 Å². The molecule has 0 heterocycles. The maximum atomic E-state index is 12.1. The van der Waals surface area contributed by atoms with E-state index in [1.54, 1.807) is 12.1 Å². The molecule has 18 heavy (non-hydrogen) atoms. The molecule has 100 valence electrons. The van der Waals surface area contributed by atoms with Crippen LogP contribution in [0.5, 0.6) is 5.75 Å². The Hall–Kier alpha value is -1.07. The van der Waals surface area contributed by atoms with Gasteiger partial charge in [-0.25, -0.2) is 13.1 Å². The van der Waals surface area contributed by atoms with E-state index < -0.39 is 10.0 Å². The lowest BCUT2D eigenvalue weighted by Gasteiger charge is -2.15. The van der Waals surface area contributed by atoms with E-state index in [4.69, 9.17) is 0 Å². The maximum Gasteiger partial charge on any atom is 0.244 e. The number of nitrogens with one attached hydrogen (secondary N) is 1. The van der Waals surface area contributed by atoms with Crippen molar-refractivity contribution in [3.63, 3.8) is 0 Å². The van der Waals surface area contributed by atoms with Crippen LogP contribution in [0.2, 0.25) is 0 Å². The molecule has 1 aliphatic carbocycles. The molecular formula is C13H19NO3S. The summed E-state index contributed by atoms with van der Waals surface area (Å²) in [7, 11) is -3.60. The Morgan fingerprint density at radius 3 is 2.56 bits per heavy atom. The zero-order valence-corrected chi connectivity index (χ0v) is 11.3. The van der Waals surface area contributed by atoms with Crippen molar-refractivity contribution in [2.24, 2.45) is 5.41 Å². The molecule has 4 nitrogen and oxygen atoms in total. The highest BCUT2D eigenvalue weighted by Gasteiger charge is 2.42. The fourth-order valence-corrected chi connectivity index (χ4v) is 3.49. The van der Waals surface area contributed by atoms with Crippen molar-refractivity contribution < 1.29 is 13.5 Å². The number of rotatable bonds is 6.